The first-order valence-electron chi connectivity index (χ1n) is 11.2. The predicted octanol–water partition coefficient (Wildman–Crippen LogP) is 2.79. The van der Waals surface area contributed by atoms with Crippen molar-refractivity contribution >= 4 is 11.8 Å². The van der Waals surface area contributed by atoms with Gasteiger partial charge in [0.2, 0.25) is 5.91 Å². The molecule has 0 radical (unpaired) electrons. The van der Waals surface area contributed by atoms with Crippen LogP contribution in [0.25, 0.3) is 0 Å². The Bertz CT molecular complexity index is 896. The summed E-state index contributed by atoms with van der Waals surface area (Å²) < 4.78 is 5.53. The third-order valence-electron chi connectivity index (χ3n) is 6.22. The number of morpholine rings is 1. The van der Waals surface area contributed by atoms with Gasteiger partial charge in [-0.3, -0.25) is 14.5 Å². The number of rotatable bonds is 6. The summed E-state index contributed by atoms with van der Waals surface area (Å²) in [5.41, 5.74) is 3.04. The van der Waals surface area contributed by atoms with E-state index in [0.29, 0.717) is 38.3 Å². The fourth-order valence-corrected chi connectivity index (χ4v) is 4.57. The molecule has 2 fully saturated rings. The number of hydrogen-bond donors (Lipinski definition) is 1. The summed E-state index contributed by atoms with van der Waals surface area (Å²) in [6.45, 7) is 6.33. The molecule has 164 valence electrons. The third kappa shape index (κ3) is 5.14. The number of hydrogen-bond acceptors (Lipinski definition) is 4. The van der Waals surface area contributed by atoms with Crippen molar-refractivity contribution in [3.05, 3.63) is 71.3 Å². The van der Waals surface area contributed by atoms with Crippen LogP contribution in [0.2, 0.25) is 0 Å². The first kappa shape index (κ1) is 21.5. The number of carbonyl (C=O) groups excluding carboxylic acids is 2. The molecule has 0 aromatic heterocycles. The largest absolute Gasteiger partial charge is 0.379 e. The minimum Gasteiger partial charge on any atom is -0.379 e. The molecule has 4 rings (SSSR count). The highest BCUT2D eigenvalue weighted by Crippen LogP contribution is 2.24. The Morgan fingerprint density at radius 2 is 1.84 bits per heavy atom. The van der Waals surface area contributed by atoms with Crippen LogP contribution in [0, 0.1) is 6.92 Å². The molecule has 0 aliphatic carbocycles. The molecule has 2 heterocycles. The molecule has 2 aromatic carbocycles. The topological polar surface area (TPSA) is 61.9 Å². The van der Waals surface area contributed by atoms with Crippen molar-refractivity contribution in [1.82, 2.24) is 15.1 Å². The first-order valence-corrected chi connectivity index (χ1v) is 11.2. The highest BCUT2D eigenvalue weighted by Gasteiger charge is 2.35. The Labute approximate surface area is 184 Å². The Hall–Kier alpha value is -2.70. The van der Waals surface area contributed by atoms with Crippen LogP contribution < -0.4 is 5.32 Å². The minimum absolute atomic E-state index is 0.0623. The van der Waals surface area contributed by atoms with Gasteiger partial charge in [-0.05, 0) is 37.5 Å². The maximum absolute atomic E-state index is 13.1. The predicted molar refractivity (Wildman–Crippen MR) is 120 cm³/mol. The van der Waals surface area contributed by atoms with Gasteiger partial charge in [0.25, 0.3) is 5.91 Å². The lowest BCUT2D eigenvalue weighted by molar-refractivity contribution is -0.125. The Morgan fingerprint density at radius 3 is 2.58 bits per heavy atom. The van der Waals surface area contributed by atoms with Crippen LogP contribution in [0.1, 0.15) is 40.4 Å². The number of amides is 2. The number of likely N-dealkylation sites (tertiary alicyclic amines) is 1. The average molecular weight is 422 g/mol. The molecule has 0 spiro atoms. The van der Waals surface area contributed by atoms with Crippen LogP contribution in [0.4, 0.5) is 0 Å². The molecule has 2 amide bonds. The Kier molecular flexibility index (Phi) is 6.99. The number of carbonyl (C=O) groups is 2. The lowest BCUT2D eigenvalue weighted by Crippen LogP contribution is -2.49. The molecule has 31 heavy (non-hydrogen) atoms. The van der Waals surface area contributed by atoms with Gasteiger partial charge in [0.15, 0.2) is 0 Å². The summed E-state index contributed by atoms with van der Waals surface area (Å²) in [6, 6.07) is 17.4. The van der Waals surface area contributed by atoms with Crippen LogP contribution >= 0.6 is 0 Å². The third-order valence-corrected chi connectivity index (χ3v) is 6.22. The molecule has 1 N–H and O–H groups in total. The van der Waals surface area contributed by atoms with Gasteiger partial charge in [0.1, 0.15) is 6.04 Å². The average Bonchev–Trinajstić information content (AvgIpc) is 3.30. The van der Waals surface area contributed by atoms with E-state index in [1.807, 2.05) is 30.3 Å². The van der Waals surface area contributed by atoms with Crippen molar-refractivity contribution in [3.63, 3.8) is 0 Å². The summed E-state index contributed by atoms with van der Waals surface area (Å²) in [7, 11) is 0. The van der Waals surface area contributed by atoms with Crippen LogP contribution in [0.5, 0.6) is 0 Å². The van der Waals surface area contributed by atoms with Crippen molar-refractivity contribution in [2.24, 2.45) is 0 Å². The van der Waals surface area contributed by atoms with Crippen LogP contribution in [0.3, 0.4) is 0 Å². The SMILES string of the molecule is Cc1cccc(C(CNC(=O)C2CCCN2C(=O)c2ccccc2)N2CCOCC2)c1. The van der Waals surface area contributed by atoms with Crippen molar-refractivity contribution in [2.75, 3.05) is 39.4 Å². The maximum atomic E-state index is 13.1. The van der Waals surface area contributed by atoms with Crippen LogP contribution in [-0.2, 0) is 9.53 Å². The van der Waals surface area contributed by atoms with E-state index in [1.165, 1.54) is 11.1 Å². The highest BCUT2D eigenvalue weighted by molar-refractivity contribution is 5.97. The quantitative estimate of drug-likeness (QED) is 0.779. The fraction of sp³-hybridized carbons (Fsp3) is 0.440. The van der Waals surface area contributed by atoms with Gasteiger partial charge >= 0.3 is 0 Å². The van der Waals surface area contributed by atoms with E-state index < -0.39 is 6.04 Å². The molecule has 6 heteroatoms. The van der Waals surface area contributed by atoms with E-state index in [1.54, 1.807) is 4.90 Å². The number of benzene rings is 2. The molecule has 0 bridgehead atoms. The van der Waals surface area contributed by atoms with Crippen molar-refractivity contribution in [3.8, 4) is 0 Å². The maximum Gasteiger partial charge on any atom is 0.254 e. The summed E-state index contributed by atoms with van der Waals surface area (Å²) in [5, 5.41) is 3.16. The number of aryl methyl sites for hydroxylation is 1. The van der Waals surface area contributed by atoms with Crippen molar-refractivity contribution in [2.45, 2.75) is 31.8 Å². The van der Waals surface area contributed by atoms with Gasteiger partial charge < -0.3 is 15.0 Å². The Morgan fingerprint density at radius 1 is 1.06 bits per heavy atom. The molecule has 0 saturated carbocycles. The van der Waals surface area contributed by atoms with E-state index in [2.05, 4.69) is 41.4 Å². The van der Waals surface area contributed by atoms with Crippen LogP contribution in [-0.4, -0.2) is 67.0 Å². The monoisotopic (exact) mass is 421 g/mol. The highest BCUT2D eigenvalue weighted by atomic mass is 16.5. The lowest BCUT2D eigenvalue weighted by atomic mass is 10.0. The molecule has 2 aromatic rings. The smallest absolute Gasteiger partial charge is 0.254 e. The number of nitrogens with zero attached hydrogens (tertiary/aromatic N) is 2. The number of ether oxygens (including phenoxy) is 1. The molecule has 6 nitrogen and oxygen atoms in total. The van der Waals surface area contributed by atoms with E-state index in [-0.39, 0.29) is 17.9 Å². The Balaban J connectivity index is 1.45. The van der Waals surface area contributed by atoms with E-state index in [9.17, 15) is 9.59 Å². The zero-order chi connectivity index (χ0) is 21.6. The van der Waals surface area contributed by atoms with E-state index in [4.69, 9.17) is 4.74 Å². The van der Waals surface area contributed by atoms with Gasteiger partial charge in [0.05, 0.1) is 19.3 Å². The van der Waals surface area contributed by atoms with Gasteiger partial charge in [-0.25, -0.2) is 0 Å². The molecule has 2 atom stereocenters. The first-order chi connectivity index (χ1) is 15.1. The zero-order valence-corrected chi connectivity index (χ0v) is 18.1. The summed E-state index contributed by atoms with van der Waals surface area (Å²) in [5.74, 6) is -0.130. The van der Waals surface area contributed by atoms with Gasteiger partial charge in [-0.2, -0.15) is 0 Å². The lowest BCUT2D eigenvalue weighted by Gasteiger charge is -2.35. The van der Waals surface area contributed by atoms with Crippen LogP contribution in [0.15, 0.2) is 54.6 Å². The van der Waals surface area contributed by atoms with E-state index in [0.717, 1.165) is 19.5 Å². The minimum atomic E-state index is -0.407. The van der Waals surface area contributed by atoms with Gasteiger partial charge in [-0.1, -0.05) is 48.0 Å². The van der Waals surface area contributed by atoms with E-state index >= 15 is 0 Å². The molecule has 2 aliphatic heterocycles. The molecule has 2 unspecified atom stereocenters. The molecule has 2 aliphatic rings. The standard InChI is InChI=1S/C25H31N3O3/c1-19-7-5-10-21(17-19)23(27-13-15-31-16-14-27)18-26-24(29)22-11-6-12-28(22)25(30)20-8-3-2-4-9-20/h2-5,7-10,17,22-23H,6,11-16,18H2,1H3,(H,26,29). The van der Waals surface area contributed by atoms with Crippen molar-refractivity contribution < 1.29 is 14.3 Å². The number of nitrogens with one attached hydrogen (secondary N) is 1. The molecular weight excluding hydrogens is 390 g/mol. The summed E-state index contributed by atoms with van der Waals surface area (Å²) in [6.07, 6.45) is 1.55. The second-order valence-electron chi connectivity index (χ2n) is 8.35. The normalized spacial score (nSPS) is 20.4. The van der Waals surface area contributed by atoms with Gasteiger partial charge in [0, 0.05) is 31.7 Å². The second-order valence-corrected chi connectivity index (χ2v) is 8.35. The fourth-order valence-electron chi connectivity index (χ4n) is 4.57. The summed E-state index contributed by atoms with van der Waals surface area (Å²) in [4.78, 5) is 30.2. The summed E-state index contributed by atoms with van der Waals surface area (Å²) >= 11 is 0. The second kappa shape index (κ2) is 10.1. The van der Waals surface area contributed by atoms with Crippen molar-refractivity contribution in [1.29, 1.82) is 0 Å². The van der Waals surface area contributed by atoms with Gasteiger partial charge in [-0.15, -0.1) is 0 Å². The molecular formula is C25H31N3O3. The zero-order valence-electron chi connectivity index (χ0n) is 18.1. The molecule has 2 saturated heterocycles.